The minimum absolute atomic E-state index is 0.0367. The maximum absolute atomic E-state index is 14.6. The molecular weight excluding hydrogens is 1710 g/mol. The van der Waals surface area contributed by atoms with E-state index in [-0.39, 0.29) is 19.6 Å². The third-order valence-corrected chi connectivity index (χ3v) is 24.4. The summed E-state index contributed by atoms with van der Waals surface area (Å²) >= 11 is 0. The lowest BCUT2D eigenvalue weighted by molar-refractivity contribution is 0.0341. The number of aromatic amines is 6. The van der Waals surface area contributed by atoms with E-state index in [4.69, 9.17) is 19.7 Å². The van der Waals surface area contributed by atoms with Gasteiger partial charge in [0.05, 0.1) is 99.8 Å². The van der Waals surface area contributed by atoms with Gasteiger partial charge in [-0.25, -0.2) is 82.5 Å². The number of ether oxygens (including phenoxy) is 1. The Hall–Kier alpha value is -13.8. The molecule has 18 aromatic rings. The quantitative estimate of drug-likeness (QED) is 0.0271. The lowest BCUT2D eigenvalue weighted by Crippen LogP contribution is -2.36. The van der Waals surface area contributed by atoms with Crippen LogP contribution in [0, 0.1) is 17.5 Å². The Morgan fingerprint density at radius 2 is 0.628 bits per heavy atom. The average molecular weight is 1800 g/mol. The SMILES string of the molecule is CS(=O)(=O)NCc1cc(F)cc(-c2cncc3[nH]c(-c4[nH]nc5ncc(-c6cncc(CN7CCC7)c6)cc45)nc23)c1.CS(=O)(=O)NCc1cc(F)cc(-c2cncc3[nH]c(-c4[nH]nc5ncc(-c6cncc(CN7CCCC7)c6)cc45)nc23)c1.CS(=O)(=O)NCc1cc(F)cc(-c2cncc3[nH]c(-c4[nH]nc5ncc(-c6cncc(CN7CCOCC7)c6)cc45)nc23)c1. The summed E-state index contributed by atoms with van der Waals surface area (Å²) < 4.78 is 126. The average Bonchev–Trinajstić information content (AvgIpc) is 1.66. The lowest BCUT2D eigenvalue weighted by atomic mass is 10.0. The minimum atomic E-state index is -3.44. The zero-order valence-electron chi connectivity index (χ0n) is 69.6. The van der Waals surface area contributed by atoms with Gasteiger partial charge < -0.3 is 19.7 Å². The van der Waals surface area contributed by atoms with Crippen LogP contribution in [0.1, 0.15) is 52.6 Å². The smallest absolute Gasteiger partial charge is 0.209 e. The van der Waals surface area contributed by atoms with Gasteiger partial charge in [-0.1, -0.05) is 0 Å². The highest BCUT2D eigenvalue weighted by molar-refractivity contribution is 7.89. The molecule has 9 N–H and O–H groups in total. The number of pyridine rings is 9. The van der Waals surface area contributed by atoms with Gasteiger partial charge in [0.25, 0.3) is 0 Å². The first-order chi connectivity index (χ1) is 62.4. The molecule has 3 aromatic carbocycles. The standard InChI is InChI=1S/C30H28FN9O3S.C30H28FN9O2S.C29H26FN9O2S/c1-44(41,42)35-12-18-6-20(9-23(31)8-18)25-15-33-16-26-27(25)37-30(36-26)28-24-10-22(14-34-29(24)39-38-28)21-7-19(11-32-13-21)17-40-2-4-43-5-3-40;1-43(41,42)35-12-18-6-20(9-23(31)8-18)25-15-33-16-26-27(25)37-30(36-26)28-24-10-22(14-34-29(24)39-38-28)21-7-19(11-32-13-21)17-40-4-2-3-5-40;1-42(40,41)34-11-17-5-19(8-22(30)7-17)24-14-32-15-25-26(24)36-29(35-25)27-23-9-21(13-33-28(23)38-37-27)20-6-18(10-31-12-20)16-39-3-2-4-39/h6-11,13-16,35H,2-5,12,17H2,1H3,(H,36,37)(H,34,38,39);6-11,13-16,35H,2-5,12,17H2,1H3,(H,36,37)(H,34,38,39);5-10,12-15,34H,2-4,11,16H2,1H3,(H,35,36)(H,33,37,38). The van der Waals surface area contributed by atoms with Crippen LogP contribution in [-0.2, 0) is 74.1 Å². The monoisotopic (exact) mass is 1790 g/mol. The molecule has 129 heavy (non-hydrogen) atoms. The van der Waals surface area contributed by atoms with E-state index in [0.717, 1.165) is 157 Å². The Bertz CT molecular complexity index is 7680. The molecule has 3 aliphatic heterocycles. The van der Waals surface area contributed by atoms with Gasteiger partial charge in [0.1, 0.15) is 34.5 Å². The normalized spacial score (nSPS) is 14.3. The number of aromatic nitrogens is 21. The summed E-state index contributed by atoms with van der Waals surface area (Å²) in [6.07, 6.45) is 33.2. The Labute approximate surface area is 735 Å². The summed E-state index contributed by atoms with van der Waals surface area (Å²) in [7, 11) is -10.3. The molecule has 40 heteroatoms. The zero-order valence-corrected chi connectivity index (χ0v) is 72.1. The number of hydrogen-bond acceptors (Lipinski definition) is 25. The second-order valence-corrected chi connectivity index (χ2v) is 37.7. The van der Waals surface area contributed by atoms with E-state index in [0.29, 0.717) is 135 Å². The summed E-state index contributed by atoms with van der Waals surface area (Å²) in [5.74, 6) is 0.0927. The Morgan fingerprint density at radius 3 is 0.938 bits per heavy atom. The van der Waals surface area contributed by atoms with E-state index in [1.807, 2.05) is 55.4 Å². The fourth-order valence-electron chi connectivity index (χ4n) is 16.1. The van der Waals surface area contributed by atoms with Crippen LogP contribution in [0.15, 0.2) is 184 Å². The van der Waals surface area contributed by atoms with Crippen LogP contribution in [0.2, 0.25) is 0 Å². The summed E-state index contributed by atoms with van der Waals surface area (Å²) in [4.78, 5) is 71.8. The van der Waals surface area contributed by atoms with Crippen LogP contribution >= 0.6 is 0 Å². The lowest BCUT2D eigenvalue weighted by Gasteiger charge is -2.30. The summed E-state index contributed by atoms with van der Waals surface area (Å²) in [5.41, 5.74) is 21.1. The van der Waals surface area contributed by atoms with Crippen molar-refractivity contribution in [2.45, 2.75) is 58.5 Å². The summed E-state index contributed by atoms with van der Waals surface area (Å²) in [5, 5.41) is 24.7. The summed E-state index contributed by atoms with van der Waals surface area (Å²) in [6, 6.07) is 25.7. The van der Waals surface area contributed by atoms with Gasteiger partial charge >= 0.3 is 0 Å². The van der Waals surface area contributed by atoms with Gasteiger partial charge in [-0.05, 0) is 187 Å². The molecule has 3 saturated heterocycles. The molecule has 21 rings (SSSR count). The first-order valence-corrected chi connectivity index (χ1v) is 46.9. The number of fused-ring (bicyclic) bond motifs is 6. The molecule has 0 atom stereocenters. The number of nitrogens with zero attached hydrogens (tertiary/aromatic N) is 18. The number of halogens is 3. The third kappa shape index (κ3) is 19.5. The molecule has 0 unspecified atom stereocenters. The van der Waals surface area contributed by atoms with Gasteiger partial charge in [0.2, 0.25) is 30.1 Å². The molecule has 15 aromatic heterocycles. The van der Waals surface area contributed by atoms with Crippen LogP contribution in [0.25, 0.3) is 168 Å². The predicted molar refractivity (Wildman–Crippen MR) is 482 cm³/mol. The van der Waals surface area contributed by atoms with Crippen molar-refractivity contribution in [3.8, 4) is 101 Å². The van der Waals surface area contributed by atoms with Gasteiger partial charge in [-0.3, -0.25) is 59.9 Å². The van der Waals surface area contributed by atoms with Gasteiger partial charge in [0.15, 0.2) is 34.4 Å². The highest BCUT2D eigenvalue weighted by atomic mass is 32.2. The van der Waals surface area contributed by atoms with Gasteiger partial charge in [-0.2, -0.15) is 15.3 Å². The van der Waals surface area contributed by atoms with Crippen LogP contribution in [0.3, 0.4) is 0 Å². The molecular formula is C89H82F3N27O7S3. The van der Waals surface area contributed by atoms with Crippen molar-refractivity contribution in [2.24, 2.45) is 0 Å². The van der Waals surface area contributed by atoms with E-state index in [1.165, 1.54) is 55.7 Å². The van der Waals surface area contributed by atoms with E-state index in [9.17, 15) is 38.4 Å². The highest BCUT2D eigenvalue weighted by Gasteiger charge is 2.25. The Kier molecular flexibility index (Phi) is 23.5. The molecule has 654 valence electrons. The maximum atomic E-state index is 14.6. The minimum Gasteiger partial charge on any atom is -0.379 e. The van der Waals surface area contributed by atoms with E-state index in [1.54, 1.807) is 74.0 Å². The van der Waals surface area contributed by atoms with E-state index < -0.39 is 47.5 Å². The van der Waals surface area contributed by atoms with E-state index >= 15 is 0 Å². The van der Waals surface area contributed by atoms with Crippen molar-refractivity contribution in [3.63, 3.8) is 0 Å². The number of likely N-dealkylation sites (tertiary alicyclic amines) is 2. The molecule has 3 aliphatic rings. The molecule has 0 spiro atoms. The van der Waals surface area contributed by atoms with Gasteiger partial charge in [-0.15, -0.1) is 0 Å². The van der Waals surface area contributed by atoms with Crippen molar-refractivity contribution in [3.05, 3.63) is 235 Å². The molecule has 0 aliphatic carbocycles. The fraction of sp³-hybridized carbons (Fsp3) is 0.225. The molecule has 0 amide bonds. The first kappa shape index (κ1) is 84.7. The predicted octanol–water partition coefficient (Wildman–Crippen LogP) is 12.1. The largest absolute Gasteiger partial charge is 0.379 e. The number of sulfonamides is 3. The molecule has 34 nitrogen and oxygen atoms in total. The fourth-order valence-corrected chi connectivity index (χ4v) is 17.4. The van der Waals surface area contributed by atoms with Crippen LogP contribution in [0.4, 0.5) is 13.2 Å². The Balaban J connectivity index is 0.000000126. The maximum Gasteiger partial charge on any atom is 0.209 e. The molecule has 0 radical (unpaired) electrons. The number of imidazole rings is 3. The molecule has 18 heterocycles. The molecule has 0 saturated carbocycles. The molecule has 0 bridgehead atoms. The van der Waals surface area contributed by atoms with Crippen molar-refractivity contribution in [1.82, 2.24) is 134 Å². The van der Waals surface area contributed by atoms with Crippen LogP contribution < -0.4 is 14.2 Å². The second-order valence-electron chi connectivity index (χ2n) is 32.2. The Morgan fingerprint density at radius 1 is 0.333 bits per heavy atom. The van der Waals surface area contributed by atoms with Crippen molar-refractivity contribution >= 4 is 96.3 Å². The number of H-pyrrole nitrogens is 6. The van der Waals surface area contributed by atoms with Crippen molar-refractivity contribution in [2.75, 3.05) is 71.2 Å². The second kappa shape index (κ2) is 35.8. The van der Waals surface area contributed by atoms with Crippen molar-refractivity contribution < 1.29 is 43.2 Å². The first-order valence-electron chi connectivity index (χ1n) is 41.2. The number of nitrogens with one attached hydrogen (secondary N) is 9. The number of benzene rings is 3. The zero-order chi connectivity index (χ0) is 88.7. The molecule has 3 fully saturated rings. The van der Waals surface area contributed by atoms with Gasteiger partial charge in [0, 0.05) is 177 Å². The number of morpholine rings is 1. The van der Waals surface area contributed by atoms with E-state index in [2.05, 4.69) is 137 Å². The number of rotatable bonds is 24. The highest BCUT2D eigenvalue weighted by Crippen LogP contribution is 2.39. The number of hydrogen-bond donors (Lipinski definition) is 9. The van der Waals surface area contributed by atoms with Crippen LogP contribution in [0.5, 0.6) is 0 Å². The summed E-state index contributed by atoms with van der Waals surface area (Å²) in [6.45, 7) is 10.2. The topological polar surface area (TPSA) is 446 Å². The third-order valence-electron chi connectivity index (χ3n) is 22.4. The van der Waals surface area contributed by atoms with Crippen molar-refractivity contribution in [1.29, 1.82) is 0 Å². The van der Waals surface area contributed by atoms with Crippen LogP contribution in [-0.4, -0.2) is 217 Å².